The Morgan fingerprint density at radius 3 is 2.89 bits per heavy atom. The SMILES string of the molecule is CCCCCCNC(=O)c1ccc2c(c1)OCO2. The number of ether oxygens (including phenoxy) is 2. The topological polar surface area (TPSA) is 47.6 Å². The first-order valence-electron chi connectivity index (χ1n) is 6.49. The third-order valence-corrected chi connectivity index (χ3v) is 2.95. The molecule has 1 heterocycles. The molecule has 1 aliphatic rings. The predicted molar refractivity (Wildman–Crippen MR) is 69.0 cm³/mol. The highest BCUT2D eigenvalue weighted by atomic mass is 16.7. The molecule has 1 N–H and O–H groups in total. The van der Waals surface area contributed by atoms with Gasteiger partial charge >= 0.3 is 0 Å². The van der Waals surface area contributed by atoms with Crippen molar-refractivity contribution >= 4 is 5.91 Å². The van der Waals surface area contributed by atoms with Gasteiger partial charge < -0.3 is 14.8 Å². The monoisotopic (exact) mass is 249 g/mol. The number of nitrogens with one attached hydrogen (secondary N) is 1. The molecule has 4 heteroatoms. The van der Waals surface area contributed by atoms with Gasteiger partial charge in [-0.1, -0.05) is 26.2 Å². The number of hydrogen-bond donors (Lipinski definition) is 1. The number of carbonyl (C=O) groups is 1. The van der Waals surface area contributed by atoms with Crippen LogP contribution < -0.4 is 14.8 Å². The smallest absolute Gasteiger partial charge is 0.251 e. The first-order chi connectivity index (χ1) is 8.81. The Hall–Kier alpha value is -1.71. The van der Waals surface area contributed by atoms with Crippen LogP contribution in [0.4, 0.5) is 0 Å². The van der Waals surface area contributed by atoms with Gasteiger partial charge in [0.2, 0.25) is 6.79 Å². The van der Waals surface area contributed by atoms with Crippen molar-refractivity contribution < 1.29 is 14.3 Å². The Morgan fingerprint density at radius 2 is 2.06 bits per heavy atom. The number of carbonyl (C=O) groups excluding carboxylic acids is 1. The van der Waals surface area contributed by atoms with Crippen LogP contribution in [0.2, 0.25) is 0 Å². The third-order valence-electron chi connectivity index (χ3n) is 2.95. The highest BCUT2D eigenvalue weighted by molar-refractivity contribution is 5.94. The first-order valence-corrected chi connectivity index (χ1v) is 6.49. The standard InChI is InChI=1S/C14H19NO3/c1-2-3-4-5-8-15-14(16)11-6-7-12-13(9-11)18-10-17-12/h6-7,9H,2-5,8,10H2,1H3,(H,15,16). The molecule has 1 aliphatic heterocycles. The van der Waals surface area contributed by atoms with Crippen LogP contribution in [0.1, 0.15) is 43.0 Å². The number of amides is 1. The maximum atomic E-state index is 11.9. The van der Waals surface area contributed by atoms with Crippen molar-refractivity contribution in [1.29, 1.82) is 0 Å². The van der Waals surface area contributed by atoms with E-state index in [-0.39, 0.29) is 12.7 Å². The molecule has 0 spiro atoms. The lowest BCUT2D eigenvalue weighted by molar-refractivity contribution is 0.0952. The summed E-state index contributed by atoms with van der Waals surface area (Å²) in [5, 5.41) is 2.91. The molecule has 0 unspecified atom stereocenters. The minimum atomic E-state index is -0.0511. The summed E-state index contributed by atoms with van der Waals surface area (Å²) in [6.45, 7) is 3.13. The Bertz CT molecular complexity index is 418. The number of fused-ring (bicyclic) bond motifs is 1. The summed E-state index contributed by atoms with van der Waals surface area (Å²) in [6, 6.07) is 5.26. The molecule has 1 amide bonds. The highest BCUT2D eigenvalue weighted by Gasteiger charge is 2.15. The minimum Gasteiger partial charge on any atom is -0.454 e. The quantitative estimate of drug-likeness (QED) is 0.788. The molecular weight excluding hydrogens is 230 g/mol. The fourth-order valence-electron chi connectivity index (χ4n) is 1.89. The molecule has 0 saturated heterocycles. The van der Waals surface area contributed by atoms with E-state index in [0.29, 0.717) is 17.1 Å². The van der Waals surface area contributed by atoms with E-state index in [1.165, 1.54) is 12.8 Å². The summed E-state index contributed by atoms with van der Waals surface area (Å²) in [5.41, 5.74) is 0.620. The van der Waals surface area contributed by atoms with Crippen molar-refractivity contribution in [3.63, 3.8) is 0 Å². The van der Waals surface area contributed by atoms with Crippen LogP contribution in [0.25, 0.3) is 0 Å². The Kier molecular flexibility index (Phi) is 4.45. The first kappa shape index (κ1) is 12.7. The summed E-state index contributed by atoms with van der Waals surface area (Å²) in [7, 11) is 0. The van der Waals surface area contributed by atoms with Gasteiger partial charge in [-0.05, 0) is 24.6 Å². The average Bonchev–Trinajstić information content (AvgIpc) is 2.85. The molecule has 0 aromatic heterocycles. The zero-order valence-corrected chi connectivity index (χ0v) is 10.7. The Balaban J connectivity index is 1.82. The number of unbranched alkanes of at least 4 members (excludes halogenated alkanes) is 3. The fourth-order valence-corrected chi connectivity index (χ4v) is 1.89. The Labute approximate surface area is 107 Å². The molecule has 4 nitrogen and oxygen atoms in total. The van der Waals surface area contributed by atoms with E-state index in [9.17, 15) is 4.79 Å². The van der Waals surface area contributed by atoms with E-state index in [1.807, 2.05) is 0 Å². The summed E-state index contributed by atoms with van der Waals surface area (Å²) in [4.78, 5) is 11.9. The van der Waals surface area contributed by atoms with E-state index in [0.717, 1.165) is 19.4 Å². The lowest BCUT2D eigenvalue weighted by atomic mass is 10.1. The zero-order chi connectivity index (χ0) is 12.8. The molecule has 0 saturated carbocycles. The lowest BCUT2D eigenvalue weighted by Crippen LogP contribution is -2.24. The van der Waals surface area contributed by atoms with E-state index in [1.54, 1.807) is 18.2 Å². The maximum absolute atomic E-state index is 11.9. The maximum Gasteiger partial charge on any atom is 0.251 e. The van der Waals surface area contributed by atoms with E-state index in [4.69, 9.17) is 9.47 Å². The van der Waals surface area contributed by atoms with Crippen molar-refractivity contribution in [2.45, 2.75) is 32.6 Å². The van der Waals surface area contributed by atoms with Gasteiger partial charge in [0.05, 0.1) is 0 Å². The number of rotatable bonds is 6. The number of hydrogen-bond acceptors (Lipinski definition) is 3. The second-order valence-corrected chi connectivity index (χ2v) is 4.38. The lowest BCUT2D eigenvalue weighted by Gasteiger charge is -2.05. The normalized spacial score (nSPS) is 12.5. The molecule has 0 fully saturated rings. The van der Waals surface area contributed by atoms with Gasteiger partial charge in [-0.25, -0.2) is 0 Å². The van der Waals surface area contributed by atoms with Crippen LogP contribution in [0, 0.1) is 0 Å². The molecule has 0 bridgehead atoms. The minimum absolute atomic E-state index is 0.0511. The third kappa shape index (κ3) is 3.15. The van der Waals surface area contributed by atoms with Crippen molar-refractivity contribution in [1.82, 2.24) is 5.32 Å². The van der Waals surface area contributed by atoms with Crippen LogP contribution in [0.3, 0.4) is 0 Å². The van der Waals surface area contributed by atoms with Gasteiger partial charge in [0.1, 0.15) is 0 Å². The summed E-state index contributed by atoms with van der Waals surface area (Å²) >= 11 is 0. The molecule has 1 aromatic carbocycles. The fraction of sp³-hybridized carbons (Fsp3) is 0.500. The largest absolute Gasteiger partial charge is 0.454 e. The molecule has 2 rings (SSSR count). The van der Waals surface area contributed by atoms with Crippen molar-refractivity contribution in [2.24, 2.45) is 0 Å². The summed E-state index contributed by atoms with van der Waals surface area (Å²) in [5.74, 6) is 1.30. The predicted octanol–water partition coefficient (Wildman–Crippen LogP) is 2.73. The summed E-state index contributed by atoms with van der Waals surface area (Å²) in [6.07, 6.45) is 4.62. The second-order valence-electron chi connectivity index (χ2n) is 4.38. The van der Waals surface area contributed by atoms with Crippen LogP contribution >= 0.6 is 0 Å². The van der Waals surface area contributed by atoms with Crippen LogP contribution in [-0.4, -0.2) is 19.2 Å². The van der Waals surface area contributed by atoms with E-state index >= 15 is 0 Å². The molecule has 1 aromatic rings. The molecule has 98 valence electrons. The molecule has 18 heavy (non-hydrogen) atoms. The highest BCUT2D eigenvalue weighted by Crippen LogP contribution is 2.32. The van der Waals surface area contributed by atoms with Crippen molar-refractivity contribution in [2.75, 3.05) is 13.3 Å². The molecule has 0 aliphatic carbocycles. The van der Waals surface area contributed by atoms with Gasteiger partial charge in [0.25, 0.3) is 5.91 Å². The van der Waals surface area contributed by atoms with Crippen molar-refractivity contribution in [3.8, 4) is 11.5 Å². The van der Waals surface area contributed by atoms with E-state index in [2.05, 4.69) is 12.2 Å². The van der Waals surface area contributed by atoms with Gasteiger partial charge in [-0.15, -0.1) is 0 Å². The van der Waals surface area contributed by atoms with Gasteiger partial charge in [0, 0.05) is 12.1 Å². The molecule has 0 radical (unpaired) electrons. The molecular formula is C14H19NO3. The van der Waals surface area contributed by atoms with Gasteiger partial charge in [-0.3, -0.25) is 4.79 Å². The number of benzene rings is 1. The van der Waals surface area contributed by atoms with Gasteiger partial charge in [-0.2, -0.15) is 0 Å². The van der Waals surface area contributed by atoms with Crippen LogP contribution in [0.15, 0.2) is 18.2 Å². The van der Waals surface area contributed by atoms with Crippen molar-refractivity contribution in [3.05, 3.63) is 23.8 Å². The Morgan fingerprint density at radius 1 is 1.22 bits per heavy atom. The van der Waals surface area contributed by atoms with Crippen LogP contribution in [-0.2, 0) is 0 Å². The summed E-state index contributed by atoms with van der Waals surface area (Å²) < 4.78 is 10.4. The van der Waals surface area contributed by atoms with Crippen LogP contribution in [0.5, 0.6) is 11.5 Å². The zero-order valence-electron chi connectivity index (χ0n) is 10.7. The molecule has 0 atom stereocenters. The van der Waals surface area contributed by atoms with Gasteiger partial charge in [0.15, 0.2) is 11.5 Å². The average molecular weight is 249 g/mol. The van der Waals surface area contributed by atoms with E-state index < -0.39 is 0 Å². The second kappa shape index (κ2) is 6.28.